The minimum Gasteiger partial charge on any atom is -0.494 e. The minimum absolute atomic E-state index is 0.180. The Labute approximate surface area is 177 Å². The van der Waals surface area contributed by atoms with Crippen molar-refractivity contribution in [1.82, 2.24) is 14.7 Å². The third-order valence-corrected chi connectivity index (χ3v) is 6.14. The summed E-state index contributed by atoms with van der Waals surface area (Å²) in [5, 5.41) is 0. The molecule has 5 heteroatoms. The highest BCUT2D eigenvalue weighted by molar-refractivity contribution is 5.78. The first-order chi connectivity index (χ1) is 13.9. The number of piperidine rings is 1. The lowest BCUT2D eigenvalue weighted by molar-refractivity contribution is -0.133. The van der Waals surface area contributed by atoms with Gasteiger partial charge in [0.1, 0.15) is 5.75 Å². The summed E-state index contributed by atoms with van der Waals surface area (Å²) in [6, 6.07) is 8.50. The number of carbonyl (C=O) groups is 1. The summed E-state index contributed by atoms with van der Waals surface area (Å²) in [5.74, 6) is 1.28. The number of carbonyl (C=O) groups excluding carboxylic acids is 1. The molecule has 2 fully saturated rings. The fourth-order valence-corrected chi connectivity index (χ4v) is 4.13. The van der Waals surface area contributed by atoms with Gasteiger partial charge >= 0.3 is 0 Å². The van der Waals surface area contributed by atoms with E-state index >= 15 is 0 Å². The average Bonchev–Trinajstić information content (AvgIpc) is 2.73. The topological polar surface area (TPSA) is 36.0 Å². The standard InChI is InChI=1S/C24H39N3O2/c1-24(2,3)21-8-10-22(11-9-21)29-19-7-12-25-15-17-26(18-16-25)20-23(28)27-13-5-4-6-14-27/h8-11H,4-7,12-20H2,1-3H3. The van der Waals surface area contributed by atoms with Gasteiger partial charge in [-0.15, -0.1) is 0 Å². The maximum absolute atomic E-state index is 12.4. The van der Waals surface area contributed by atoms with Crippen LogP contribution < -0.4 is 4.74 Å². The highest BCUT2D eigenvalue weighted by Crippen LogP contribution is 2.24. The predicted molar refractivity (Wildman–Crippen MR) is 119 cm³/mol. The number of likely N-dealkylation sites (tertiary alicyclic amines) is 1. The van der Waals surface area contributed by atoms with Crippen LogP contribution in [0.15, 0.2) is 24.3 Å². The molecule has 3 rings (SSSR count). The molecule has 0 unspecified atom stereocenters. The zero-order valence-corrected chi connectivity index (χ0v) is 18.7. The first kappa shape index (κ1) is 22.1. The Kier molecular flexibility index (Phi) is 7.96. The molecule has 0 bridgehead atoms. The lowest BCUT2D eigenvalue weighted by Crippen LogP contribution is -2.50. The van der Waals surface area contributed by atoms with Crippen LogP contribution in [-0.2, 0) is 10.2 Å². The largest absolute Gasteiger partial charge is 0.494 e. The number of nitrogens with zero attached hydrogens (tertiary/aromatic N) is 3. The van der Waals surface area contributed by atoms with Crippen LogP contribution in [0.5, 0.6) is 5.75 Å². The molecule has 0 aromatic heterocycles. The Hall–Kier alpha value is -1.59. The zero-order valence-electron chi connectivity index (χ0n) is 18.7. The van der Waals surface area contributed by atoms with Gasteiger partial charge in [-0.05, 0) is 48.8 Å². The van der Waals surface area contributed by atoms with Gasteiger partial charge in [0.05, 0.1) is 13.2 Å². The second-order valence-electron chi connectivity index (χ2n) is 9.54. The summed E-state index contributed by atoms with van der Waals surface area (Å²) >= 11 is 0. The lowest BCUT2D eigenvalue weighted by atomic mass is 9.87. The number of piperazine rings is 1. The molecule has 1 amide bonds. The maximum atomic E-state index is 12.4. The molecule has 0 aliphatic carbocycles. The van der Waals surface area contributed by atoms with Gasteiger partial charge in [-0.2, -0.15) is 0 Å². The van der Waals surface area contributed by atoms with Crippen molar-refractivity contribution in [3.05, 3.63) is 29.8 Å². The third kappa shape index (κ3) is 7.00. The number of hydrogen-bond donors (Lipinski definition) is 0. The Morgan fingerprint density at radius 3 is 2.14 bits per heavy atom. The van der Waals surface area contributed by atoms with Gasteiger partial charge in [0.25, 0.3) is 0 Å². The first-order valence-electron chi connectivity index (χ1n) is 11.4. The van der Waals surface area contributed by atoms with Crippen molar-refractivity contribution >= 4 is 5.91 Å². The first-order valence-corrected chi connectivity index (χ1v) is 11.4. The quantitative estimate of drug-likeness (QED) is 0.656. The van der Waals surface area contributed by atoms with Gasteiger partial charge in [-0.25, -0.2) is 0 Å². The van der Waals surface area contributed by atoms with E-state index in [2.05, 4.69) is 59.7 Å². The molecule has 29 heavy (non-hydrogen) atoms. The number of hydrogen-bond acceptors (Lipinski definition) is 4. The molecule has 2 aliphatic heterocycles. The summed E-state index contributed by atoms with van der Waals surface area (Å²) in [7, 11) is 0. The van der Waals surface area contributed by atoms with Crippen molar-refractivity contribution in [2.75, 3.05) is 59.0 Å². The molecule has 0 atom stereocenters. The Balaban J connectivity index is 1.28. The highest BCUT2D eigenvalue weighted by atomic mass is 16.5. The van der Waals surface area contributed by atoms with Crippen LogP contribution in [0, 0.1) is 0 Å². The van der Waals surface area contributed by atoms with Gasteiger partial charge in [0, 0.05) is 45.8 Å². The molecular weight excluding hydrogens is 362 g/mol. The van der Waals surface area contributed by atoms with E-state index in [1.54, 1.807) is 0 Å². The molecule has 1 aromatic rings. The number of benzene rings is 1. The fraction of sp³-hybridized carbons (Fsp3) is 0.708. The summed E-state index contributed by atoms with van der Waals surface area (Å²) in [6.07, 6.45) is 4.65. The fourth-order valence-electron chi connectivity index (χ4n) is 4.13. The van der Waals surface area contributed by atoms with Crippen LogP contribution in [0.4, 0.5) is 0 Å². The molecular formula is C24H39N3O2. The molecule has 0 saturated carbocycles. The van der Waals surface area contributed by atoms with Crippen LogP contribution in [0.2, 0.25) is 0 Å². The predicted octanol–water partition coefficient (Wildman–Crippen LogP) is 3.38. The SMILES string of the molecule is CC(C)(C)c1ccc(OCCCN2CCN(CC(=O)N3CCCCC3)CC2)cc1. The van der Waals surface area contributed by atoms with E-state index in [0.717, 1.165) is 64.6 Å². The van der Waals surface area contributed by atoms with Crippen molar-refractivity contribution < 1.29 is 9.53 Å². The summed E-state index contributed by atoms with van der Waals surface area (Å²) in [6.45, 7) is 15.1. The van der Waals surface area contributed by atoms with E-state index in [-0.39, 0.29) is 5.41 Å². The Bertz CT molecular complexity index is 625. The van der Waals surface area contributed by atoms with E-state index in [9.17, 15) is 4.79 Å². The van der Waals surface area contributed by atoms with E-state index < -0.39 is 0 Å². The number of rotatable bonds is 7. The Morgan fingerprint density at radius 2 is 1.52 bits per heavy atom. The maximum Gasteiger partial charge on any atom is 0.236 e. The average molecular weight is 402 g/mol. The summed E-state index contributed by atoms with van der Waals surface area (Å²) in [5.41, 5.74) is 1.51. The van der Waals surface area contributed by atoms with E-state index in [1.165, 1.54) is 24.8 Å². The zero-order chi connectivity index (χ0) is 20.7. The molecule has 0 N–H and O–H groups in total. The molecule has 162 valence electrons. The monoisotopic (exact) mass is 401 g/mol. The smallest absolute Gasteiger partial charge is 0.236 e. The van der Waals surface area contributed by atoms with Crippen molar-refractivity contribution in [3.8, 4) is 5.75 Å². The van der Waals surface area contributed by atoms with E-state index in [1.807, 2.05) is 0 Å². The van der Waals surface area contributed by atoms with Crippen molar-refractivity contribution in [2.45, 2.75) is 51.9 Å². The number of ether oxygens (including phenoxy) is 1. The molecule has 2 aliphatic rings. The van der Waals surface area contributed by atoms with Crippen LogP contribution in [0.3, 0.4) is 0 Å². The van der Waals surface area contributed by atoms with Crippen molar-refractivity contribution in [1.29, 1.82) is 0 Å². The van der Waals surface area contributed by atoms with Crippen LogP contribution >= 0.6 is 0 Å². The summed E-state index contributed by atoms with van der Waals surface area (Å²) in [4.78, 5) is 19.3. The van der Waals surface area contributed by atoms with Gasteiger partial charge < -0.3 is 14.5 Å². The van der Waals surface area contributed by atoms with Crippen molar-refractivity contribution in [2.24, 2.45) is 0 Å². The molecule has 2 heterocycles. The minimum atomic E-state index is 0.180. The second kappa shape index (κ2) is 10.4. The van der Waals surface area contributed by atoms with E-state index in [0.29, 0.717) is 12.5 Å². The number of amides is 1. The lowest BCUT2D eigenvalue weighted by Gasteiger charge is -2.36. The van der Waals surface area contributed by atoms with Crippen LogP contribution in [0.1, 0.15) is 52.0 Å². The molecule has 1 aromatic carbocycles. The van der Waals surface area contributed by atoms with Gasteiger partial charge in [-0.3, -0.25) is 9.69 Å². The third-order valence-electron chi connectivity index (χ3n) is 6.14. The van der Waals surface area contributed by atoms with Crippen LogP contribution in [0.25, 0.3) is 0 Å². The van der Waals surface area contributed by atoms with Gasteiger partial charge in [0.15, 0.2) is 0 Å². The molecule has 5 nitrogen and oxygen atoms in total. The van der Waals surface area contributed by atoms with E-state index in [4.69, 9.17) is 4.74 Å². The molecule has 2 saturated heterocycles. The molecule has 0 radical (unpaired) electrons. The Morgan fingerprint density at radius 1 is 0.897 bits per heavy atom. The van der Waals surface area contributed by atoms with Crippen LogP contribution in [-0.4, -0.2) is 79.6 Å². The van der Waals surface area contributed by atoms with Gasteiger partial charge in [0.2, 0.25) is 5.91 Å². The molecule has 0 spiro atoms. The second-order valence-corrected chi connectivity index (χ2v) is 9.54. The summed E-state index contributed by atoms with van der Waals surface area (Å²) < 4.78 is 5.92. The van der Waals surface area contributed by atoms with Crippen molar-refractivity contribution in [3.63, 3.8) is 0 Å². The highest BCUT2D eigenvalue weighted by Gasteiger charge is 2.22. The normalized spacial score (nSPS) is 19.3. The van der Waals surface area contributed by atoms with Gasteiger partial charge in [-0.1, -0.05) is 32.9 Å².